The van der Waals surface area contributed by atoms with E-state index in [4.69, 9.17) is 26.8 Å². The molecule has 4 N–H and O–H groups in total. The van der Waals surface area contributed by atoms with E-state index in [1.807, 2.05) is 0 Å². The van der Waals surface area contributed by atoms with Gasteiger partial charge < -0.3 is 25.6 Å². The van der Waals surface area contributed by atoms with Crippen LogP contribution in [0.5, 0.6) is 11.5 Å². The van der Waals surface area contributed by atoms with Gasteiger partial charge in [0, 0.05) is 28.3 Å². The topological polar surface area (TPSA) is 142 Å². The van der Waals surface area contributed by atoms with Crippen LogP contribution in [0.4, 0.5) is 22.0 Å². The molecule has 6 rings (SSSR count). The highest BCUT2D eigenvalue weighted by Crippen LogP contribution is 2.48. The quantitative estimate of drug-likeness (QED) is 0.183. The molecule has 2 aromatic heterocycles. The van der Waals surface area contributed by atoms with Gasteiger partial charge in [-0.3, -0.25) is 14.3 Å². The number of primary amides is 1. The number of halogens is 6. The van der Waals surface area contributed by atoms with E-state index in [-0.39, 0.29) is 28.7 Å². The minimum Gasteiger partial charge on any atom is -0.494 e. The Balaban J connectivity index is 1.43. The summed E-state index contributed by atoms with van der Waals surface area (Å²) in [5.41, 5.74) is -2.21. The summed E-state index contributed by atoms with van der Waals surface area (Å²) in [5, 5.41) is 17.4. The smallest absolute Gasteiger partial charge is 0.424 e. The molecule has 0 spiro atoms. The number of carbonyl (C=O) groups excluding carboxylic acids is 2. The minimum absolute atomic E-state index is 0.0791. The lowest BCUT2D eigenvalue weighted by Gasteiger charge is -2.31. The number of aromatic nitrogens is 3. The fourth-order valence-corrected chi connectivity index (χ4v) is 5.44. The molecule has 4 aromatic rings. The summed E-state index contributed by atoms with van der Waals surface area (Å²) < 4.78 is 86.0. The van der Waals surface area contributed by atoms with Gasteiger partial charge in [0.25, 0.3) is 5.91 Å². The normalized spacial score (nSPS) is 19.0. The molecule has 1 aliphatic carbocycles. The van der Waals surface area contributed by atoms with E-state index < -0.39 is 75.8 Å². The van der Waals surface area contributed by atoms with Crippen LogP contribution in [-0.2, 0) is 15.8 Å². The molecule has 2 aromatic carbocycles. The first-order valence-corrected chi connectivity index (χ1v) is 14.2. The van der Waals surface area contributed by atoms with Crippen LogP contribution in [-0.4, -0.2) is 58.1 Å². The van der Waals surface area contributed by atoms with E-state index >= 15 is 4.39 Å². The van der Waals surface area contributed by atoms with E-state index in [0.29, 0.717) is 10.9 Å². The molecule has 16 heteroatoms. The Morgan fingerprint density at radius 3 is 2.59 bits per heavy atom. The summed E-state index contributed by atoms with van der Waals surface area (Å²) >= 11 is 5.73. The van der Waals surface area contributed by atoms with E-state index in [0.717, 1.165) is 31.0 Å². The second-order valence-corrected chi connectivity index (χ2v) is 11.8. The van der Waals surface area contributed by atoms with Crippen LogP contribution in [0.2, 0.25) is 5.02 Å². The van der Waals surface area contributed by atoms with Crippen molar-refractivity contribution in [3.8, 4) is 22.8 Å². The molecule has 242 valence electrons. The second kappa shape index (κ2) is 10.8. The number of hydrogen-bond donors (Lipinski definition) is 3. The number of ether oxygens (including phenoxy) is 2. The molecule has 0 saturated heterocycles. The maximum absolute atomic E-state index is 15.2. The molecule has 1 fully saturated rings. The number of carbonyl (C=O) groups is 2. The summed E-state index contributed by atoms with van der Waals surface area (Å²) in [6.45, 7) is -0.621. The van der Waals surface area contributed by atoms with Gasteiger partial charge in [-0.05, 0) is 50.1 Å². The lowest BCUT2D eigenvalue weighted by atomic mass is 9.81. The Bertz CT molecular complexity index is 1930. The Hall–Kier alpha value is -4.50. The zero-order chi connectivity index (χ0) is 33.3. The minimum atomic E-state index is -5.48. The predicted octanol–water partition coefficient (Wildman–Crippen LogP) is 4.69. The Kier molecular flexibility index (Phi) is 7.39. The van der Waals surface area contributed by atoms with Crippen molar-refractivity contribution in [2.75, 3.05) is 20.3 Å². The van der Waals surface area contributed by atoms with E-state index in [2.05, 4.69) is 15.4 Å². The lowest BCUT2D eigenvalue weighted by Crippen LogP contribution is -2.51. The summed E-state index contributed by atoms with van der Waals surface area (Å²) in [5.74, 6) is -4.61. The summed E-state index contributed by atoms with van der Waals surface area (Å²) in [4.78, 5) is 29.6. The van der Waals surface area contributed by atoms with Crippen molar-refractivity contribution in [1.82, 2.24) is 20.1 Å². The number of nitrogens with zero attached hydrogens (tertiary/aromatic N) is 3. The highest BCUT2D eigenvalue weighted by Gasteiger charge is 2.58. The SMILES string of the molecule is COc1cc(C(=O)NC[C@](O)(c2cc3c(c(-c4ccc(F)c(Cl)c4F)n2)OC[C@]3(C)C(N)=O)C(F)(F)F)cc2cn(C3CC3)nc12. The third-order valence-corrected chi connectivity index (χ3v) is 8.65. The first-order chi connectivity index (χ1) is 21.6. The monoisotopic (exact) mass is 665 g/mol. The van der Waals surface area contributed by atoms with Gasteiger partial charge in [0.05, 0.1) is 25.4 Å². The van der Waals surface area contributed by atoms with Crippen molar-refractivity contribution < 1.29 is 46.1 Å². The summed E-state index contributed by atoms with van der Waals surface area (Å²) in [6.07, 6.45) is -1.91. The number of rotatable bonds is 8. The molecule has 0 radical (unpaired) electrons. The summed E-state index contributed by atoms with van der Waals surface area (Å²) in [7, 11) is 1.35. The zero-order valence-corrected chi connectivity index (χ0v) is 24.9. The maximum atomic E-state index is 15.2. The number of fused-ring (bicyclic) bond motifs is 2. The lowest BCUT2D eigenvalue weighted by molar-refractivity contribution is -0.265. The van der Waals surface area contributed by atoms with Crippen molar-refractivity contribution in [2.45, 2.75) is 43.0 Å². The van der Waals surface area contributed by atoms with Gasteiger partial charge in [0.15, 0.2) is 5.82 Å². The van der Waals surface area contributed by atoms with Crippen LogP contribution in [0, 0.1) is 11.6 Å². The molecule has 0 bridgehead atoms. The number of pyridine rings is 1. The van der Waals surface area contributed by atoms with Crippen LogP contribution >= 0.6 is 11.6 Å². The second-order valence-electron chi connectivity index (χ2n) is 11.4. The molecule has 1 aliphatic heterocycles. The highest BCUT2D eigenvalue weighted by molar-refractivity contribution is 6.31. The molecule has 46 heavy (non-hydrogen) atoms. The molecule has 3 heterocycles. The molecule has 2 aliphatic rings. The van der Waals surface area contributed by atoms with Crippen molar-refractivity contribution in [2.24, 2.45) is 5.73 Å². The van der Waals surface area contributed by atoms with Gasteiger partial charge in [0.2, 0.25) is 11.5 Å². The molecule has 1 saturated carbocycles. The van der Waals surface area contributed by atoms with Crippen LogP contribution in [0.25, 0.3) is 22.2 Å². The van der Waals surface area contributed by atoms with Crippen LogP contribution < -0.4 is 20.5 Å². The van der Waals surface area contributed by atoms with E-state index in [1.165, 1.54) is 26.2 Å². The van der Waals surface area contributed by atoms with Crippen molar-refractivity contribution in [3.05, 3.63) is 70.0 Å². The maximum Gasteiger partial charge on any atom is 0.424 e. The third-order valence-electron chi connectivity index (χ3n) is 8.30. The number of nitrogens with two attached hydrogens (primary N) is 1. The number of hydrogen-bond acceptors (Lipinski definition) is 7. The molecular formula is C30H25ClF5N5O5. The Morgan fingerprint density at radius 2 is 1.96 bits per heavy atom. The van der Waals surface area contributed by atoms with Crippen molar-refractivity contribution >= 4 is 34.3 Å². The van der Waals surface area contributed by atoms with Gasteiger partial charge in [0.1, 0.15) is 45.6 Å². The molecular weight excluding hydrogens is 641 g/mol. The molecule has 2 amide bonds. The summed E-state index contributed by atoms with van der Waals surface area (Å²) in [6, 6.07) is 5.34. The van der Waals surface area contributed by atoms with Crippen molar-refractivity contribution in [1.29, 1.82) is 0 Å². The number of nitrogens with one attached hydrogen (secondary N) is 1. The number of aliphatic hydroxyl groups is 1. The molecule has 2 atom stereocenters. The number of alkyl halides is 3. The number of methoxy groups -OCH3 is 1. The fourth-order valence-electron chi connectivity index (χ4n) is 5.27. The Labute approximate surface area is 262 Å². The first kappa shape index (κ1) is 31.5. The van der Waals surface area contributed by atoms with Crippen LogP contribution in [0.15, 0.2) is 36.5 Å². The Morgan fingerprint density at radius 1 is 1.24 bits per heavy atom. The fraction of sp³-hybridized carbons (Fsp3) is 0.333. The zero-order valence-electron chi connectivity index (χ0n) is 24.1. The van der Waals surface area contributed by atoms with Crippen LogP contribution in [0.1, 0.15) is 47.4 Å². The third kappa shape index (κ3) is 4.97. The average Bonchev–Trinajstić information content (AvgIpc) is 3.68. The predicted molar refractivity (Wildman–Crippen MR) is 153 cm³/mol. The van der Waals surface area contributed by atoms with Gasteiger partial charge >= 0.3 is 6.18 Å². The van der Waals surface area contributed by atoms with Gasteiger partial charge in [-0.15, -0.1) is 0 Å². The van der Waals surface area contributed by atoms with E-state index in [1.54, 1.807) is 10.9 Å². The number of amides is 2. The average molecular weight is 666 g/mol. The molecule has 0 unspecified atom stereocenters. The van der Waals surface area contributed by atoms with Crippen molar-refractivity contribution in [3.63, 3.8) is 0 Å². The van der Waals surface area contributed by atoms with E-state index in [9.17, 15) is 32.3 Å². The highest BCUT2D eigenvalue weighted by atomic mass is 35.5. The van der Waals surface area contributed by atoms with Gasteiger partial charge in [-0.1, -0.05) is 11.6 Å². The van der Waals surface area contributed by atoms with Gasteiger partial charge in [-0.25, -0.2) is 13.8 Å². The number of benzene rings is 2. The largest absolute Gasteiger partial charge is 0.494 e. The molecule has 10 nitrogen and oxygen atoms in total. The van der Waals surface area contributed by atoms with Gasteiger partial charge in [-0.2, -0.15) is 18.3 Å². The standard InChI is InChI=1S/C30H25ClF5N5O5/c1-28(27(37)43)12-46-25-17(28)9-20(39-24(25)16-5-6-18(32)21(31)22(16)33)29(44,30(34,35)36)11-38-26(42)13-7-14-10-41(15-3-4-15)40-23(14)19(8-13)45-2/h5-10,15,44H,3-4,11-12H2,1-2H3,(H2,37,43)(H,38,42)/t28-,29-/m0/s1. The van der Waals surface area contributed by atoms with Crippen LogP contribution in [0.3, 0.4) is 0 Å². The first-order valence-electron chi connectivity index (χ1n) is 13.9.